The Morgan fingerprint density at radius 2 is 1.83 bits per heavy atom. The maximum atomic E-state index is 13.1. The second-order valence-electron chi connectivity index (χ2n) is 12.8. The molecule has 1 saturated heterocycles. The van der Waals surface area contributed by atoms with E-state index >= 15 is 0 Å². The highest BCUT2D eigenvalue weighted by atomic mass is 16.6. The van der Waals surface area contributed by atoms with Gasteiger partial charge in [0.15, 0.2) is 0 Å². The summed E-state index contributed by atoms with van der Waals surface area (Å²) in [6, 6.07) is 4.25. The van der Waals surface area contributed by atoms with Gasteiger partial charge in [-0.1, -0.05) is 6.92 Å². The van der Waals surface area contributed by atoms with Crippen molar-refractivity contribution < 1.29 is 23.8 Å². The fourth-order valence-electron chi connectivity index (χ4n) is 8.01. The zero-order chi connectivity index (χ0) is 25.9. The number of nitrogens with zero attached hydrogens (tertiary/aromatic N) is 1. The Balaban J connectivity index is 1.45. The van der Waals surface area contributed by atoms with E-state index in [9.17, 15) is 9.59 Å². The molecule has 5 rings (SSSR count). The molecule has 2 saturated carbocycles. The number of carbonyl (C=O) groups excluding carboxylic acids is 2. The number of rotatable bonds is 5. The zero-order valence-corrected chi connectivity index (χ0v) is 22.9. The zero-order valence-electron chi connectivity index (χ0n) is 22.9. The normalized spacial score (nSPS) is 34.4. The molecule has 6 heteroatoms. The van der Waals surface area contributed by atoms with Gasteiger partial charge in [0, 0.05) is 26.6 Å². The summed E-state index contributed by atoms with van der Waals surface area (Å²) in [5.74, 6) is 2.18. The van der Waals surface area contributed by atoms with E-state index in [-0.39, 0.29) is 28.3 Å². The average molecular weight is 498 g/mol. The quantitative estimate of drug-likeness (QED) is 0.404. The molecule has 6 nitrogen and oxygen atoms in total. The molecule has 0 radical (unpaired) electrons. The monoisotopic (exact) mass is 497 g/mol. The lowest BCUT2D eigenvalue weighted by Gasteiger charge is -2.56. The standard InChI is InChI=1S/C30H43NO5/c1-28(2)13-14-30(36-27(28)33)12-10-24-21-8-7-19-17-25(35-16-15-34-6)23(26(32)31(4)5)18-22(19)20(21)9-11-29(24,30)3/h17-18,20-21,24H,7-16H2,1-6H3/t20?,21?,24?,29?,30-/m1/s1. The first kappa shape index (κ1) is 25.6. The van der Waals surface area contributed by atoms with Crippen LogP contribution in [0, 0.1) is 22.7 Å². The molecule has 1 heterocycles. The highest BCUT2D eigenvalue weighted by Gasteiger charge is 2.65. The number of aryl methyl sites for hydroxylation is 1. The SMILES string of the molecule is COCCOc1cc2c(cc1C(=O)N(C)C)C1CCC3(C)C(CC[C@@]34CCC(C)(C)C(=O)O4)C1CC2. The van der Waals surface area contributed by atoms with E-state index in [0.29, 0.717) is 42.3 Å². The van der Waals surface area contributed by atoms with Crippen LogP contribution in [-0.2, 0) is 20.7 Å². The highest BCUT2D eigenvalue weighted by molar-refractivity contribution is 5.97. The van der Waals surface area contributed by atoms with Crippen LogP contribution in [0.25, 0.3) is 0 Å². The lowest BCUT2D eigenvalue weighted by Crippen LogP contribution is -2.56. The molecular weight excluding hydrogens is 454 g/mol. The predicted octanol–water partition coefficient (Wildman–Crippen LogP) is 5.37. The number of carbonyl (C=O) groups is 2. The molecule has 0 bridgehead atoms. The summed E-state index contributed by atoms with van der Waals surface area (Å²) < 4.78 is 17.6. The van der Waals surface area contributed by atoms with Gasteiger partial charge in [-0.25, -0.2) is 0 Å². The summed E-state index contributed by atoms with van der Waals surface area (Å²) >= 11 is 0. The van der Waals surface area contributed by atoms with Crippen molar-refractivity contribution in [2.45, 2.75) is 83.7 Å². The molecule has 4 aliphatic rings. The molecule has 0 N–H and O–H groups in total. The van der Waals surface area contributed by atoms with Crippen LogP contribution < -0.4 is 4.74 Å². The molecule has 0 aromatic heterocycles. The van der Waals surface area contributed by atoms with Gasteiger partial charge < -0.3 is 19.1 Å². The third-order valence-corrected chi connectivity index (χ3v) is 10.3. The minimum atomic E-state index is -0.376. The van der Waals surface area contributed by atoms with Gasteiger partial charge in [0.25, 0.3) is 5.91 Å². The van der Waals surface area contributed by atoms with Crippen molar-refractivity contribution >= 4 is 11.9 Å². The van der Waals surface area contributed by atoms with Gasteiger partial charge in [-0.3, -0.25) is 9.59 Å². The van der Waals surface area contributed by atoms with Crippen LogP contribution in [0.2, 0.25) is 0 Å². The molecule has 36 heavy (non-hydrogen) atoms. The third-order valence-electron chi connectivity index (χ3n) is 10.3. The summed E-state index contributed by atoms with van der Waals surface area (Å²) in [6.45, 7) is 7.36. The molecule has 3 fully saturated rings. The molecular formula is C30H43NO5. The minimum Gasteiger partial charge on any atom is -0.490 e. The second kappa shape index (κ2) is 9.04. The Bertz CT molecular complexity index is 1050. The van der Waals surface area contributed by atoms with Crippen molar-refractivity contribution in [1.82, 2.24) is 4.90 Å². The van der Waals surface area contributed by atoms with Crippen LogP contribution in [0.5, 0.6) is 5.75 Å². The van der Waals surface area contributed by atoms with Gasteiger partial charge >= 0.3 is 5.97 Å². The van der Waals surface area contributed by atoms with Crippen LogP contribution in [0.4, 0.5) is 0 Å². The molecule has 5 atom stereocenters. The number of ether oxygens (including phenoxy) is 3. The average Bonchev–Trinajstić information content (AvgIpc) is 3.13. The minimum absolute atomic E-state index is 0.0143. The van der Waals surface area contributed by atoms with E-state index in [2.05, 4.69) is 19.1 Å². The van der Waals surface area contributed by atoms with Gasteiger partial charge in [-0.2, -0.15) is 0 Å². The third kappa shape index (κ3) is 3.86. The summed E-state index contributed by atoms with van der Waals surface area (Å²) in [6.07, 6.45) is 8.29. The van der Waals surface area contributed by atoms with E-state index in [0.717, 1.165) is 51.4 Å². The first-order valence-electron chi connectivity index (χ1n) is 13.8. The van der Waals surface area contributed by atoms with Crippen molar-refractivity contribution in [2.24, 2.45) is 22.7 Å². The highest BCUT2D eigenvalue weighted by Crippen LogP contribution is 2.67. The predicted molar refractivity (Wildman–Crippen MR) is 138 cm³/mol. The lowest BCUT2D eigenvalue weighted by molar-refractivity contribution is -0.206. The number of hydrogen-bond donors (Lipinski definition) is 0. The van der Waals surface area contributed by atoms with Gasteiger partial charge in [0.2, 0.25) is 0 Å². The van der Waals surface area contributed by atoms with Crippen molar-refractivity contribution in [1.29, 1.82) is 0 Å². The van der Waals surface area contributed by atoms with Crippen LogP contribution in [0.3, 0.4) is 0 Å². The largest absolute Gasteiger partial charge is 0.490 e. The van der Waals surface area contributed by atoms with Gasteiger partial charge in [0.1, 0.15) is 18.0 Å². The Morgan fingerprint density at radius 3 is 2.53 bits per heavy atom. The number of methoxy groups -OCH3 is 1. The Labute approximate surface area is 216 Å². The summed E-state index contributed by atoms with van der Waals surface area (Å²) in [7, 11) is 5.24. The lowest BCUT2D eigenvalue weighted by atomic mass is 9.52. The maximum absolute atomic E-state index is 13.1. The van der Waals surface area contributed by atoms with Crippen LogP contribution in [0.15, 0.2) is 12.1 Å². The van der Waals surface area contributed by atoms with E-state index < -0.39 is 0 Å². The molecule has 1 aromatic carbocycles. The Morgan fingerprint density at radius 1 is 1.06 bits per heavy atom. The first-order valence-corrected chi connectivity index (χ1v) is 13.8. The Kier molecular flexibility index (Phi) is 6.42. The van der Waals surface area contributed by atoms with E-state index in [1.807, 2.05) is 13.8 Å². The fraction of sp³-hybridized carbons (Fsp3) is 0.733. The van der Waals surface area contributed by atoms with Crippen molar-refractivity contribution in [3.8, 4) is 5.75 Å². The van der Waals surface area contributed by atoms with Crippen LogP contribution in [0.1, 0.15) is 93.1 Å². The van der Waals surface area contributed by atoms with E-state index in [1.54, 1.807) is 26.1 Å². The van der Waals surface area contributed by atoms with Gasteiger partial charge in [-0.15, -0.1) is 0 Å². The topological polar surface area (TPSA) is 65.1 Å². The molecule has 1 aliphatic heterocycles. The molecule has 1 amide bonds. The van der Waals surface area contributed by atoms with Crippen molar-refractivity contribution in [3.05, 3.63) is 28.8 Å². The molecule has 1 aromatic rings. The molecule has 1 spiro atoms. The van der Waals surface area contributed by atoms with E-state index in [4.69, 9.17) is 14.2 Å². The number of fused-ring (bicyclic) bond motifs is 6. The Hall–Kier alpha value is -2.08. The van der Waals surface area contributed by atoms with Crippen LogP contribution in [-0.4, -0.2) is 56.8 Å². The second-order valence-corrected chi connectivity index (χ2v) is 12.8. The number of benzene rings is 1. The number of amides is 1. The van der Waals surface area contributed by atoms with Crippen molar-refractivity contribution in [3.63, 3.8) is 0 Å². The van der Waals surface area contributed by atoms with Crippen molar-refractivity contribution in [2.75, 3.05) is 34.4 Å². The first-order chi connectivity index (χ1) is 17.0. The van der Waals surface area contributed by atoms with Gasteiger partial charge in [0.05, 0.1) is 17.6 Å². The molecule has 4 unspecified atom stereocenters. The summed E-state index contributed by atoms with van der Waals surface area (Å²) in [5.41, 5.74) is 2.65. The summed E-state index contributed by atoms with van der Waals surface area (Å²) in [5, 5.41) is 0. The van der Waals surface area contributed by atoms with Gasteiger partial charge in [-0.05, 0) is 106 Å². The smallest absolute Gasteiger partial charge is 0.312 e. The summed E-state index contributed by atoms with van der Waals surface area (Å²) in [4.78, 5) is 27.7. The van der Waals surface area contributed by atoms with E-state index in [1.165, 1.54) is 11.1 Å². The number of hydrogen-bond acceptors (Lipinski definition) is 5. The molecule has 198 valence electrons. The molecule has 3 aliphatic carbocycles. The number of esters is 1. The van der Waals surface area contributed by atoms with Crippen LogP contribution >= 0.6 is 0 Å². The maximum Gasteiger partial charge on any atom is 0.312 e. The fourth-order valence-corrected chi connectivity index (χ4v) is 8.01.